The number of aromatic nitrogens is 4. The monoisotopic (exact) mass is 619 g/mol. The van der Waals surface area contributed by atoms with Gasteiger partial charge in [0.25, 0.3) is 11.5 Å². The minimum absolute atomic E-state index is 0.103. The number of aryl methyl sites for hydroxylation is 1. The molecule has 0 N–H and O–H groups in total. The van der Waals surface area contributed by atoms with E-state index < -0.39 is 17.3 Å². The van der Waals surface area contributed by atoms with Crippen LogP contribution in [0.5, 0.6) is 11.5 Å². The first kappa shape index (κ1) is 29.2. The van der Waals surface area contributed by atoms with Crippen LogP contribution in [0.4, 0.5) is 11.6 Å². The second-order valence-electron chi connectivity index (χ2n) is 11.6. The van der Waals surface area contributed by atoms with Crippen molar-refractivity contribution in [1.29, 1.82) is 0 Å². The molecular formula is C34H33N7O5. The van der Waals surface area contributed by atoms with E-state index in [1.54, 1.807) is 31.3 Å². The Bertz CT molecular complexity index is 2040. The molecule has 12 heteroatoms. The number of imidazole rings is 1. The van der Waals surface area contributed by atoms with E-state index in [1.807, 2.05) is 70.1 Å². The largest absolute Gasteiger partial charge is 0.457 e. The highest BCUT2D eigenvalue weighted by Crippen LogP contribution is 2.30. The summed E-state index contributed by atoms with van der Waals surface area (Å²) in [5.41, 5.74) is 1.35. The number of hydrogen-bond acceptors (Lipinski definition) is 8. The molecular weight excluding hydrogens is 586 g/mol. The Balaban J connectivity index is 1.09. The smallest absolute Gasteiger partial charge is 0.332 e. The van der Waals surface area contributed by atoms with E-state index in [4.69, 9.17) is 9.72 Å². The second kappa shape index (κ2) is 11.8. The predicted octanol–water partition coefficient (Wildman–Crippen LogP) is 2.73. The highest BCUT2D eigenvalue weighted by molar-refractivity contribution is 6.22. The maximum Gasteiger partial charge on any atom is 0.332 e. The molecule has 1 unspecified atom stereocenters. The first-order chi connectivity index (χ1) is 22.3. The summed E-state index contributed by atoms with van der Waals surface area (Å²) in [4.78, 5) is 62.9. The molecule has 0 spiro atoms. The molecule has 12 nitrogen and oxygen atoms in total. The summed E-state index contributed by atoms with van der Waals surface area (Å²) in [6.07, 6.45) is 0.103. The third-order valence-electron chi connectivity index (χ3n) is 8.75. The zero-order valence-corrected chi connectivity index (χ0v) is 25.6. The summed E-state index contributed by atoms with van der Waals surface area (Å²) < 4.78 is 10.2. The van der Waals surface area contributed by atoms with Crippen molar-refractivity contribution in [2.45, 2.75) is 19.0 Å². The molecule has 0 bridgehead atoms. The Morgan fingerprint density at radius 2 is 1.39 bits per heavy atom. The number of anilines is 2. The summed E-state index contributed by atoms with van der Waals surface area (Å²) in [7, 11) is 3.09. The molecule has 3 aromatic carbocycles. The van der Waals surface area contributed by atoms with Gasteiger partial charge in [-0.05, 0) is 42.0 Å². The van der Waals surface area contributed by atoms with E-state index in [2.05, 4.69) is 4.90 Å². The van der Waals surface area contributed by atoms with Gasteiger partial charge in [0.15, 0.2) is 11.2 Å². The van der Waals surface area contributed by atoms with Crippen LogP contribution in [0.3, 0.4) is 0 Å². The quantitative estimate of drug-likeness (QED) is 0.256. The van der Waals surface area contributed by atoms with Crippen molar-refractivity contribution in [2.75, 3.05) is 36.0 Å². The lowest BCUT2D eigenvalue weighted by molar-refractivity contribution is -0.123. The SMILES string of the molecule is Cn1c(=O)c2c(nc(N3CCN(C4CC(=O)N(c5ccc(Oc6ccccc6)cc5)C4=O)CC3)n2Cc2ccccc2)n(C)c1=O. The molecule has 234 valence electrons. The third kappa shape index (κ3) is 5.16. The van der Waals surface area contributed by atoms with Gasteiger partial charge in [-0.25, -0.2) is 9.69 Å². The number of fused-ring (bicyclic) bond motifs is 1. The van der Waals surface area contributed by atoms with Crippen molar-refractivity contribution >= 4 is 34.6 Å². The van der Waals surface area contributed by atoms with Crippen molar-refractivity contribution in [3.05, 3.63) is 111 Å². The van der Waals surface area contributed by atoms with Crippen molar-refractivity contribution in [1.82, 2.24) is 23.6 Å². The van der Waals surface area contributed by atoms with Crippen molar-refractivity contribution in [3.63, 3.8) is 0 Å². The predicted molar refractivity (Wildman–Crippen MR) is 173 cm³/mol. The molecule has 0 radical (unpaired) electrons. The van der Waals surface area contributed by atoms with Gasteiger partial charge in [-0.3, -0.25) is 33.0 Å². The summed E-state index contributed by atoms with van der Waals surface area (Å²) in [6, 6.07) is 25.6. The molecule has 2 aromatic heterocycles. The molecule has 1 atom stereocenters. The van der Waals surface area contributed by atoms with E-state index >= 15 is 0 Å². The van der Waals surface area contributed by atoms with Crippen LogP contribution in [0.1, 0.15) is 12.0 Å². The van der Waals surface area contributed by atoms with Gasteiger partial charge in [0.05, 0.1) is 24.7 Å². The highest BCUT2D eigenvalue weighted by atomic mass is 16.5. The molecule has 2 amide bonds. The summed E-state index contributed by atoms with van der Waals surface area (Å²) >= 11 is 0. The number of hydrogen-bond donors (Lipinski definition) is 0. The highest BCUT2D eigenvalue weighted by Gasteiger charge is 2.43. The zero-order valence-electron chi connectivity index (χ0n) is 25.6. The van der Waals surface area contributed by atoms with Crippen molar-refractivity contribution in [3.8, 4) is 11.5 Å². The van der Waals surface area contributed by atoms with E-state index in [1.165, 1.54) is 16.5 Å². The average molecular weight is 620 g/mol. The molecule has 5 aromatic rings. The summed E-state index contributed by atoms with van der Waals surface area (Å²) in [6.45, 7) is 2.49. The standard InChI is InChI=1S/C34H33N7O5/c1-36-30-29(32(44)37(2)34(36)45)40(22-23-9-5-3-6-10-23)33(35-30)39-19-17-38(18-20-39)27-21-28(42)41(31(27)43)24-13-15-26(16-14-24)46-25-11-7-4-8-12-25/h3-16,27H,17-22H2,1-2H3. The Hall–Kier alpha value is -5.49. The van der Waals surface area contributed by atoms with Crippen LogP contribution >= 0.6 is 0 Å². The topological polar surface area (TPSA) is 115 Å². The number of benzene rings is 3. The molecule has 4 heterocycles. The molecule has 0 aliphatic carbocycles. The Morgan fingerprint density at radius 1 is 0.761 bits per heavy atom. The summed E-state index contributed by atoms with van der Waals surface area (Å²) in [5, 5.41) is 0. The van der Waals surface area contributed by atoms with Gasteiger partial charge in [0, 0.05) is 40.3 Å². The number of ether oxygens (including phenoxy) is 1. The zero-order chi connectivity index (χ0) is 31.9. The normalized spacial score (nSPS) is 17.3. The molecule has 7 rings (SSSR count). The molecule has 2 aliphatic rings. The molecule has 0 saturated carbocycles. The average Bonchev–Trinajstić information content (AvgIpc) is 3.60. The van der Waals surface area contributed by atoms with Crippen LogP contribution in [0.2, 0.25) is 0 Å². The molecule has 2 aliphatic heterocycles. The van der Waals surface area contributed by atoms with Crippen LogP contribution in [0, 0.1) is 0 Å². The lowest BCUT2D eigenvalue weighted by Gasteiger charge is -2.37. The van der Waals surface area contributed by atoms with Gasteiger partial charge in [0.1, 0.15) is 11.5 Å². The number of carbonyl (C=O) groups excluding carboxylic acids is 2. The first-order valence-corrected chi connectivity index (χ1v) is 15.2. The third-order valence-corrected chi connectivity index (χ3v) is 8.75. The van der Waals surface area contributed by atoms with Gasteiger partial charge < -0.3 is 9.64 Å². The Morgan fingerprint density at radius 3 is 2.07 bits per heavy atom. The van der Waals surface area contributed by atoms with Gasteiger partial charge >= 0.3 is 5.69 Å². The fraction of sp³-hybridized carbons (Fsp3) is 0.265. The minimum atomic E-state index is -0.564. The number of piperazine rings is 1. The Labute approximate surface area is 264 Å². The van der Waals surface area contributed by atoms with Crippen molar-refractivity contribution < 1.29 is 14.3 Å². The van der Waals surface area contributed by atoms with Crippen LogP contribution in [0.25, 0.3) is 11.2 Å². The number of para-hydroxylation sites is 1. The number of carbonyl (C=O) groups is 2. The number of rotatable bonds is 7. The fourth-order valence-electron chi connectivity index (χ4n) is 6.29. The van der Waals surface area contributed by atoms with Gasteiger partial charge in [-0.1, -0.05) is 48.5 Å². The van der Waals surface area contributed by atoms with Gasteiger partial charge in [0.2, 0.25) is 11.9 Å². The lowest BCUT2D eigenvalue weighted by atomic mass is 10.1. The second-order valence-corrected chi connectivity index (χ2v) is 11.6. The van der Waals surface area contributed by atoms with Crippen LogP contribution < -0.4 is 25.8 Å². The molecule has 2 saturated heterocycles. The molecule has 46 heavy (non-hydrogen) atoms. The number of nitrogens with zero attached hydrogens (tertiary/aromatic N) is 7. The van der Waals surface area contributed by atoms with Crippen LogP contribution in [-0.2, 0) is 30.2 Å². The lowest BCUT2D eigenvalue weighted by Crippen LogP contribution is -2.53. The van der Waals surface area contributed by atoms with E-state index in [9.17, 15) is 19.2 Å². The van der Waals surface area contributed by atoms with Gasteiger partial charge in [-0.2, -0.15) is 4.98 Å². The number of amides is 2. The number of imide groups is 1. The Kier molecular flexibility index (Phi) is 7.49. The maximum absolute atomic E-state index is 13.6. The van der Waals surface area contributed by atoms with Gasteiger partial charge in [-0.15, -0.1) is 0 Å². The fourth-order valence-corrected chi connectivity index (χ4v) is 6.29. The summed E-state index contributed by atoms with van der Waals surface area (Å²) in [5.74, 6) is 1.41. The van der Waals surface area contributed by atoms with E-state index in [0.717, 1.165) is 10.1 Å². The van der Waals surface area contributed by atoms with E-state index in [0.29, 0.717) is 67.0 Å². The van der Waals surface area contributed by atoms with Crippen LogP contribution in [0.15, 0.2) is 94.5 Å². The maximum atomic E-state index is 13.6. The van der Waals surface area contributed by atoms with Crippen LogP contribution in [-0.4, -0.2) is 67.6 Å². The van der Waals surface area contributed by atoms with Crippen molar-refractivity contribution in [2.24, 2.45) is 14.1 Å². The van der Waals surface area contributed by atoms with E-state index in [-0.39, 0.29) is 18.2 Å². The first-order valence-electron chi connectivity index (χ1n) is 15.2. The minimum Gasteiger partial charge on any atom is -0.457 e. The molecule has 2 fully saturated rings.